The Morgan fingerprint density at radius 3 is 2.53 bits per heavy atom. The quantitative estimate of drug-likeness (QED) is 0.572. The van der Waals surface area contributed by atoms with Crippen LogP contribution in [0.15, 0.2) is 60.8 Å². The van der Waals surface area contributed by atoms with Crippen LogP contribution in [0, 0.1) is 6.92 Å². The van der Waals surface area contributed by atoms with Crippen molar-refractivity contribution in [1.82, 2.24) is 9.97 Å². The monoisotopic (exact) mass is 462 g/mol. The van der Waals surface area contributed by atoms with E-state index in [4.69, 9.17) is 18.9 Å². The van der Waals surface area contributed by atoms with Crippen molar-refractivity contribution in [2.24, 2.45) is 0 Å². The highest BCUT2D eigenvalue weighted by Gasteiger charge is 2.49. The molecule has 1 amide bonds. The summed E-state index contributed by atoms with van der Waals surface area (Å²) in [6.07, 6.45) is 0.0536. The summed E-state index contributed by atoms with van der Waals surface area (Å²) in [7, 11) is 1.63. The average molecular weight is 463 g/mol. The molecule has 0 unspecified atom stereocenters. The summed E-state index contributed by atoms with van der Waals surface area (Å²) in [5.74, 6) is 1.26. The summed E-state index contributed by atoms with van der Waals surface area (Å²) in [6.45, 7) is 2.65. The van der Waals surface area contributed by atoms with E-state index in [1.807, 2.05) is 61.5 Å². The van der Waals surface area contributed by atoms with Crippen LogP contribution in [0.1, 0.15) is 5.56 Å². The fraction of sp³-hybridized carbons (Fsp3) is 0.320. The smallest absolute Gasteiger partial charge is 0.412 e. The number of aryl methyl sites for hydroxylation is 1. The third kappa shape index (κ3) is 4.80. The number of anilines is 2. The Kier molecular flexibility index (Phi) is 6.29. The number of carbonyl (C=O) groups excluding carboxylic acids is 1. The van der Waals surface area contributed by atoms with Gasteiger partial charge in [-0.15, -0.1) is 0 Å². The van der Waals surface area contributed by atoms with Gasteiger partial charge in [-0.05, 0) is 49.4 Å². The predicted molar refractivity (Wildman–Crippen MR) is 126 cm³/mol. The molecule has 2 aliphatic heterocycles. The van der Waals surface area contributed by atoms with Crippen LogP contribution in [-0.4, -0.2) is 60.7 Å². The van der Waals surface area contributed by atoms with Crippen molar-refractivity contribution in [2.45, 2.75) is 31.3 Å². The molecule has 5 rings (SSSR count). The van der Waals surface area contributed by atoms with E-state index in [9.17, 15) is 4.79 Å². The van der Waals surface area contributed by atoms with Crippen molar-refractivity contribution in [3.05, 3.63) is 66.4 Å². The van der Waals surface area contributed by atoms with Gasteiger partial charge in [-0.2, -0.15) is 0 Å². The summed E-state index contributed by atoms with van der Waals surface area (Å²) in [5, 5.41) is 6.05. The van der Waals surface area contributed by atoms with Gasteiger partial charge in [-0.3, -0.25) is 5.32 Å². The predicted octanol–water partition coefficient (Wildman–Crippen LogP) is 3.66. The lowest BCUT2D eigenvalue weighted by atomic mass is 10.1. The van der Waals surface area contributed by atoms with Gasteiger partial charge in [0.15, 0.2) is 6.10 Å². The van der Waals surface area contributed by atoms with Crippen LogP contribution in [-0.2, 0) is 14.2 Å². The molecule has 9 heteroatoms. The number of amides is 1. The topological polar surface area (TPSA) is 104 Å². The van der Waals surface area contributed by atoms with Gasteiger partial charge in [0.05, 0.1) is 32.1 Å². The molecule has 2 aliphatic rings. The Hall–Kier alpha value is -3.69. The van der Waals surface area contributed by atoms with Gasteiger partial charge in [0, 0.05) is 17.4 Å². The molecular formula is C25H26N4O5. The Morgan fingerprint density at radius 1 is 1.00 bits per heavy atom. The zero-order chi connectivity index (χ0) is 23.5. The zero-order valence-electron chi connectivity index (χ0n) is 18.9. The lowest BCUT2D eigenvalue weighted by Gasteiger charge is -2.18. The second kappa shape index (κ2) is 9.66. The fourth-order valence-corrected chi connectivity index (χ4v) is 4.13. The normalized spacial score (nSPS) is 23.2. The van der Waals surface area contributed by atoms with Crippen LogP contribution in [0.2, 0.25) is 0 Å². The van der Waals surface area contributed by atoms with E-state index in [1.165, 1.54) is 0 Å². The number of hydrogen-bond donors (Lipinski definition) is 2. The summed E-state index contributed by atoms with van der Waals surface area (Å²) in [5.41, 5.74) is 3.53. The summed E-state index contributed by atoms with van der Waals surface area (Å²) in [6, 6.07) is 16.9. The Labute approximate surface area is 197 Å². The average Bonchev–Trinajstić information content (AvgIpc) is 3.44. The minimum Gasteiger partial charge on any atom is -0.497 e. The van der Waals surface area contributed by atoms with E-state index in [0.717, 1.165) is 22.6 Å². The molecule has 3 heterocycles. The maximum atomic E-state index is 12.3. The third-order valence-electron chi connectivity index (χ3n) is 5.92. The molecule has 2 saturated heterocycles. The van der Waals surface area contributed by atoms with Crippen molar-refractivity contribution in [2.75, 3.05) is 31.0 Å². The van der Waals surface area contributed by atoms with Gasteiger partial charge in [-0.25, -0.2) is 14.8 Å². The lowest BCUT2D eigenvalue weighted by molar-refractivity contribution is 0.00917. The molecule has 2 N–H and O–H groups in total. The lowest BCUT2D eigenvalue weighted by Crippen LogP contribution is -2.38. The van der Waals surface area contributed by atoms with E-state index in [-0.39, 0.29) is 24.9 Å². The molecule has 0 spiro atoms. The van der Waals surface area contributed by atoms with Crippen LogP contribution in [0.5, 0.6) is 5.75 Å². The molecule has 34 heavy (non-hydrogen) atoms. The fourth-order valence-electron chi connectivity index (χ4n) is 4.13. The molecule has 4 atom stereocenters. The second-order valence-corrected chi connectivity index (χ2v) is 8.28. The van der Waals surface area contributed by atoms with Gasteiger partial charge in [0.25, 0.3) is 0 Å². The molecule has 0 radical (unpaired) electrons. The number of hydrogen-bond acceptors (Lipinski definition) is 8. The molecule has 1 aromatic heterocycles. The summed E-state index contributed by atoms with van der Waals surface area (Å²) in [4.78, 5) is 21.3. The number of carbonyl (C=O) groups is 1. The van der Waals surface area contributed by atoms with Crippen molar-refractivity contribution in [3.63, 3.8) is 0 Å². The van der Waals surface area contributed by atoms with E-state index in [2.05, 4.69) is 20.6 Å². The van der Waals surface area contributed by atoms with E-state index < -0.39 is 12.2 Å². The van der Waals surface area contributed by atoms with Crippen molar-refractivity contribution in [3.8, 4) is 17.0 Å². The highest BCUT2D eigenvalue weighted by atomic mass is 16.6. The van der Waals surface area contributed by atoms with Crippen molar-refractivity contribution in [1.29, 1.82) is 0 Å². The van der Waals surface area contributed by atoms with Crippen LogP contribution in [0.25, 0.3) is 11.3 Å². The maximum absolute atomic E-state index is 12.3. The minimum absolute atomic E-state index is 0.162. The van der Waals surface area contributed by atoms with Crippen LogP contribution in [0.3, 0.4) is 0 Å². The van der Waals surface area contributed by atoms with Gasteiger partial charge < -0.3 is 24.3 Å². The first-order valence-electron chi connectivity index (χ1n) is 11.1. The van der Waals surface area contributed by atoms with Crippen molar-refractivity contribution < 1.29 is 23.7 Å². The number of nitrogens with one attached hydrogen (secondary N) is 2. The molecule has 2 aromatic carbocycles. The molecule has 176 valence electrons. The first-order valence-corrected chi connectivity index (χ1v) is 11.1. The molecule has 0 aliphatic carbocycles. The first-order chi connectivity index (χ1) is 16.6. The number of rotatable bonds is 6. The molecular weight excluding hydrogens is 436 g/mol. The van der Waals surface area contributed by atoms with Gasteiger partial charge in [0.2, 0.25) is 5.95 Å². The van der Waals surface area contributed by atoms with Gasteiger partial charge in [0.1, 0.15) is 18.0 Å². The molecule has 9 nitrogen and oxygen atoms in total. The number of nitrogens with zero attached hydrogens (tertiary/aromatic N) is 2. The number of benzene rings is 2. The van der Waals surface area contributed by atoms with E-state index in [1.54, 1.807) is 13.3 Å². The Bertz CT molecular complexity index is 1140. The zero-order valence-corrected chi connectivity index (χ0v) is 18.9. The van der Waals surface area contributed by atoms with Crippen molar-refractivity contribution >= 4 is 17.7 Å². The number of methoxy groups -OCH3 is 1. The standard InChI is InChI=1S/C25H26N4O5/c1-15-3-7-17(8-4-15)27-25(30)34-21-14-33-22-20(13-32-23(21)22)29-24-26-12-11-19(28-24)16-5-9-18(31-2)10-6-16/h3-12,20-23H,13-14H2,1-2H3,(H,27,30)(H,26,28,29)/t20-,21-,22-,23+/m0/s1. The Balaban J connectivity index is 1.19. The summed E-state index contributed by atoms with van der Waals surface area (Å²) < 4.78 is 22.6. The Morgan fingerprint density at radius 2 is 1.76 bits per heavy atom. The number of aromatic nitrogens is 2. The highest BCUT2D eigenvalue weighted by molar-refractivity contribution is 5.84. The van der Waals surface area contributed by atoms with Gasteiger partial charge >= 0.3 is 6.09 Å². The maximum Gasteiger partial charge on any atom is 0.412 e. The van der Waals surface area contributed by atoms with Gasteiger partial charge in [-0.1, -0.05) is 17.7 Å². The molecule has 3 aromatic rings. The molecule has 0 bridgehead atoms. The first kappa shape index (κ1) is 22.1. The van der Waals surface area contributed by atoms with Crippen LogP contribution >= 0.6 is 0 Å². The number of fused-ring (bicyclic) bond motifs is 1. The second-order valence-electron chi connectivity index (χ2n) is 8.28. The van der Waals surface area contributed by atoms with E-state index >= 15 is 0 Å². The van der Waals surface area contributed by atoms with Crippen LogP contribution < -0.4 is 15.4 Å². The SMILES string of the molecule is COc1ccc(-c2ccnc(N[C@H]3CO[C@H]4[C@H]3OC[C@@H]4OC(=O)Nc3ccc(C)cc3)n2)cc1. The molecule has 2 fully saturated rings. The number of ether oxygens (including phenoxy) is 4. The van der Waals surface area contributed by atoms with Crippen LogP contribution in [0.4, 0.5) is 16.4 Å². The highest BCUT2D eigenvalue weighted by Crippen LogP contribution is 2.31. The molecule has 0 saturated carbocycles. The third-order valence-corrected chi connectivity index (χ3v) is 5.92. The van der Waals surface area contributed by atoms with E-state index in [0.29, 0.717) is 18.2 Å². The minimum atomic E-state index is -0.534. The largest absolute Gasteiger partial charge is 0.497 e. The summed E-state index contributed by atoms with van der Waals surface area (Å²) >= 11 is 0.